The van der Waals surface area contributed by atoms with Gasteiger partial charge in [0.05, 0.1) is 6.61 Å². The molecule has 0 spiro atoms. The molecule has 0 radical (unpaired) electrons. The van der Waals surface area contributed by atoms with Crippen LogP contribution in [0.15, 0.2) is 12.2 Å². The number of rotatable bonds is 6. The highest BCUT2D eigenvalue weighted by atomic mass is 16.6. The van der Waals surface area contributed by atoms with Crippen LogP contribution < -0.4 is 5.32 Å². The number of amides is 1. The number of hydrogen-bond acceptors (Lipinski definition) is 4. The first-order valence-electron chi connectivity index (χ1n) is 6.15. The molecule has 1 amide bonds. The van der Waals surface area contributed by atoms with Crippen molar-refractivity contribution >= 4 is 12.1 Å². The van der Waals surface area contributed by atoms with Gasteiger partial charge in [0.15, 0.2) is 0 Å². The fourth-order valence-electron chi connectivity index (χ4n) is 1.09. The van der Waals surface area contributed by atoms with Crippen LogP contribution in [-0.4, -0.2) is 30.8 Å². The summed E-state index contributed by atoms with van der Waals surface area (Å²) in [6.07, 6.45) is 4.16. The third-order valence-corrected chi connectivity index (χ3v) is 1.76. The Morgan fingerprint density at radius 2 is 1.94 bits per heavy atom. The van der Waals surface area contributed by atoms with E-state index in [9.17, 15) is 9.59 Å². The number of hydrogen-bond donors (Lipinski definition) is 1. The van der Waals surface area contributed by atoms with Crippen LogP contribution in [0.3, 0.4) is 0 Å². The number of ether oxygens (including phenoxy) is 2. The Kier molecular flexibility index (Phi) is 7.83. The molecule has 0 saturated heterocycles. The van der Waals surface area contributed by atoms with Crippen LogP contribution in [-0.2, 0) is 14.3 Å². The number of carbonyl (C=O) groups is 2. The molecule has 1 N–H and O–H groups in total. The average Bonchev–Trinajstić information content (AvgIpc) is 2.21. The summed E-state index contributed by atoms with van der Waals surface area (Å²) in [5, 5.41) is 2.64. The highest BCUT2D eigenvalue weighted by Gasteiger charge is 2.15. The summed E-state index contributed by atoms with van der Waals surface area (Å²) in [5.74, 6) is -0.336. The monoisotopic (exact) mass is 257 g/mol. The lowest BCUT2D eigenvalue weighted by atomic mass is 10.2. The van der Waals surface area contributed by atoms with Crippen LogP contribution in [0, 0.1) is 0 Å². The van der Waals surface area contributed by atoms with Crippen LogP contribution in [0.4, 0.5) is 4.79 Å². The van der Waals surface area contributed by atoms with E-state index in [1.165, 1.54) is 6.08 Å². The molecule has 0 unspecified atom stereocenters. The molecule has 5 heteroatoms. The van der Waals surface area contributed by atoms with E-state index in [2.05, 4.69) is 5.32 Å². The van der Waals surface area contributed by atoms with Gasteiger partial charge in [0.2, 0.25) is 0 Å². The first-order chi connectivity index (χ1) is 8.35. The molecule has 0 atom stereocenters. The molecule has 0 aliphatic rings. The first-order valence-corrected chi connectivity index (χ1v) is 6.15. The van der Waals surface area contributed by atoms with Gasteiger partial charge in [-0.1, -0.05) is 6.08 Å². The van der Waals surface area contributed by atoms with Gasteiger partial charge in [-0.25, -0.2) is 9.59 Å². The zero-order valence-electron chi connectivity index (χ0n) is 11.6. The van der Waals surface area contributed by atoms with E-state index in [0.29, 0.717) is 19.6 Å². The van der Waals surface area contributed by atoms with Crippen LogP contribution >= 0.6 is 0 Å². The minimum atomic E-state index is -0.478. The Morgan fingerprint density at radius 1 is 1.28 bits per heavy atom. The zero-order chi connectivity index (χ0) is 14.0. The van der Waals surface area contributed by atoms with Crippen molar-refractivity contribution in [2.75, 3.05) is 13.2 Å². The fourth-order valence-corrected chi connectivity index (χ4v) is 1.09. The molecule has 0 aromatic carbocycles. The van der Waals surface area contributed by atoms with Crippen molar-refractivity contribution in [1.82, 2.24) is 5.32 Å². The number of alkyl carbamates (subject to hydrolysis) is 1. The highest BCUT2D eigenvalue weighted by molar-refractivity contribution is 5.81. The molecule has 0 bridgehead atoms. The minimum absolute atomic E-state index is 0.336. The molecule has 0 aliphatic heterocycles. The Morgan fingerprint density at radius 3 is 2.50 bits per heavy atom. The van der Waals surface area contributed by atoms with Gasteiger partial charge in [0.1, 0.15) is 5.60 Å². The van der Waals surface area contributed by atoms with Crippen molar-refractivity contribution in [2.24, 2.45) is 0 Å². The molecule has 104 valence electrons. The summed E-state index contributed by atoms with van der Waals surface area (Å²) in [6, 6.07) is 0. The average molecular weight is 257 g/mol. The lowest BCUT2D eigenvalue weighted by Crippen LogP contribution is -2.32. The van der Waals surface area contributed by atoms with Crippen molar-refractivity contribution in [3.63, 3.8) is 0 Å². The second-order valence-corrected chi connectivity index (χ2v) is 4.73. The zero-order valence-corrected chi connectivity index (χ0v) is 11.6. The molecular weight excluding hydrogens is 234 g/mol. The predicted octanol–water partition coefficient (Wildman–Crippen LogP) is 2.41. The van der Waals surface area contributed by atoms with Gasteiger partial charge in [-0.15, -0.1) is 0 Å². The summed E-state index contributed by atoms with van der Waals surface area (Å²) in [4.78, 5) is 22.2. The minimum Gasteiger partial charge on any atom is -0.463 e. The van der Waals surface area contributed by atoms with Gasteiger partial charge < -0.3 is 14.8 Å². The van der Waals surface area contributed by atoms with Gasteiger partial charge in [-0.3, -0.25) is 0 Å². The Hall–Kier alpha value is -1.52. The van der Waals surface area contributed by atoms with Gasteiger partial charge in [-0.05, 0) is 40.5 Å². The molecular formula is C13H23NO4. The van der Waals surface area contributed by atoms with Gasteiger partial charge in [-0.2, -0.15) is 0 Å². The van der Waals surface area contributed by atoms with E-state index < -0.39 is 11.7 Å². The van der Waals surface area contributed by atoms with Crippen LogP contribution in [0.1, 0.15) is 40.5 Å². The van der Waals surface area contributed by atoms with E-state index in [1.54, 1.807) is 13.0 Å². The van der Waals surface area contributed by atoms with Crippen molar-refractivity contribution in [2.45, 2.75) is 46.1 Å². The maximum Gasteiger partial charge on any atom is 0.407 e. The Labute approximate surface area is 109 Å². The molecule has 5 nitrogen and oxygen atoms in total. The van der Waals surface area contributed by atoms with E-state index >= 15 is 0 Å². The van der Waals surface area contributed by atoms with Crippen molar-refractivity contribution in [1.29, 1.82) is 0 Å². The van der Waals surface area contributed by atoms with Crippen molar-refractivity contribution < 1.29 is 19.1 Å². The first kappa shape index (κ1) is 16.5. The molecule has 0 aromatic rings. The molecule has 18 heavy (non-hydrogen) atoms. The molecule has 0 rings (SSSR count). The number of allylic oxidation sites excluding steroid dienone is 1. The quantitative estimate of drug-likeness (QED) is 0.451. The highest BCUT2D eigenvalue weighted by Crippen LogP contribution is 2.06. The summed E-state index contributed by atoms with van der Waals surface area (Å²) < 4.78 is 9.80. The van der Waals surface area contributed by atoms with Crippen molar-refractivity contribution in [3.8, 4) is 0 Å². The molecule has 0 aromatic heterocycles. The molecule has 0 heterocycles. The maximum absolute atomic E-state index is 11.3. The lowest BCUT2D eigenvalue weighted by molar-refractivity contribution is -0.137. The van der Waals surface area contributed by atoms with Crippen LogP contribution in [0.5, 0.6) is 0 Å². The molecule has 0 fully saturated rings. The predicted molar refractivity (Wildman–Crippen MR) is 69.2 cm³/mol. The lowest BCUT2D eigenvalue weighted by Gasteiger charge is -2.19. The molecule has 0 aliphatic carbocycles. The second kappa shape index (κ2) is 8.55. The van der Waals surface area contributed by atoms with Gasteiger partial charge in [0.25, 0.3) is 0 Å². The summed E-state index contributed by atoms with van der Waals surface area (Å²) in [7, 11) is 0. The number of nitrogens with one attached hydrogen (secondary N) is 1. The summed E-state index contributed by atoms with van der Waals surface area (Å²) in [5.41, 5.74) is -0.478. The van der Waals surface area contributed by atoms with Gasteiger partial charge in [0, 0.05) is 12.6 Å². The van der Waals surface area contributed by atoms with E-state index in [4.69, 9.17) is 9.47 Å². The van der Waals surface area contributed by atoms with E-state index in [1.807, 2.05) is 20.8 Å². The number of esters is 1. The van der Waals surface area contributed by atoms with Crippen molar-refractivity contribution in [3.05, 3.63) is 12.2 Å². The SMILES string of the molecule is CCOC(=O)/C=C/CCCNC(=O)OC(C)(C)C. The standard InChI is InChI=1S/C13H23NO4/c1-5-17-11(15)9-7-6-8-10-14-12(16)18-13(2,3)4/h7,9H,5-6,8,10H2,1-4H3,(H,14,16)/b9-7+. The van der Waals surface area contributed by atoms with Crippen LogP contribution in [0.25, 0.3) is 0 Å². The maximum atomic E-state index is 11.3. The third kappa shape index (κ3) is 11.0. The third-order valence-electron chi connectivity index (χ3n) is 1.76. The summed E-state index contributed by atoms with van der Waals surface area (Å²) in [6.45, 7) is 8.10. The topological polar surface area (TPSA) is 64.6 Å². The van der Waals surface area contributed by atoms with E-state index in [-0.39, 0.29) is 5.97 Å². The smallest absolute Gasteiger partial charge is 0.407 e. The Balaban J connectivity index is 3.57. The normalized spacial score (nSPS) is 11.3. The van der Waals surface area contributed by atoms with Crippen LogP contribution in [0.2, 0.25) is 0 Å². The van der Waals surface area contributed by atoms with Gasteiger partial charge >= 0.3 is 12.1 Å². The second-order valence-electron chi connectivity index (χ2n) is 4.73. The van der Waals surface area contributed by atoms with E-state index in [0.717, 1.165) is 6.42 Å². The number of carbonyl (C=O) groups excluding carboxylic acids is 2. The largest absolute Gasteiger partial charge is 0.463 e. The fraction of sp³-hybridized carbons (Fsp3) is 0.692. The molecule has 0 saturated carbocycles. The summed E-state index contributed by atoms with van der Waals surface area (Å²) >= 11 is 0. The Bertz CT molecular complexity index is 292. The number of unbranched alkanes of at least 4 members (excludes halogenated alkanes) is 1.